The third kappa shape index (κ3) is 6.19. The first-order valence-electron chi connectivity index (χ1n) is 8.35. The van der Waals surface area contributed by atoms with Crippen molar-refractivity contribution in [2.45, 2.75) is 77.2 Å². The van der Waals surface area contributed by atoms with Crippen molar-refractivity contribution in [3.05, 3.63) is 0 Å². The molecular weight excluding hydrogens is 328 g/mol. The van der Waals surface area contributed by atoms with Crippen molar-refractivity contribution < 1.29 is 28.6 Å². The number of nitrogens with one attached hydrogen (secondary N) is 2. The average molecular weight is 358 g/mol. The van der Waals surface area contributed by atoms with Gasteiger partial charge in [-0.25, -0.2) is 14.4 Å². The second-order valence-electron chi connectivity index (χ2n) is 8.16. The maximum Gasteiger partial charge on any atom is 0.407 e. The molecule has 0 aromatic heterocycles. The zero-order valence-electron chi connectivity index (χ0n) is 16.1. The van der Waals surface area contributed by atoms with E-state index in [2.05, 4.69) is 10.6 Å². The largest absolute Gasteiger partial charge is 0.467 e. The molecule has 0 aromatic carbocycles. The molecule has 8 nitrogen and oxygen atoms in total. The number of hydrogen-bond acceptors (Lipinski definition) is 7. The molecule has 25 heavy (non-hydrogen) atoms. The van der Waals surface area contributed by atoms with E-state index in [1.165, 1.54) is 7.11 Å². The quantitative estimate of drug-likeness (QED) is 0.448. The molecule has 0 spiro atoms. The zero-order chi connectivity index (χ0) is 19.5. The van der Waals surface area contributed by atoms with E-state index < -0.39 is 40.8 Å². The highest BCUT2D eigenvalue weighted by molar-refractivity contribution is 6.05. The van der Waals surface area contributed by atoms with Crippen molar-refractivity contribution in [2.75, 3.05) is 13.7 Å². The third-order valence-corrected chi connectivity index (χ3v) is 3.47. The number of methoxy groups -OCH3 is 1. The number of hydrogen-bond donors (Lipinski definition) is 2. The van der Waals surface area contributed by atoms with Gasteiger partial charge in [0.2, 0.25) is 5.54 Å². The van der Waals surface area contributed by atoms with Crippen molar-refractivity contribution in [3.63, 3.8) is 0 Å². The van der Waals surface area contributed by atoms with E-state index in [0.29, 0.717) is 13.0 Å². The van der Waals surface area contributed by atoms with Crippen molar-refractivity contribution in [1.29, 1.82) is 0 Å². The van der Waals surface area contributed by atoms with E-state index in [1.54, 1.807) is 41.5 Å². The lowest BCUT2D eigenvalue weighted by Gasteiger charge is -2.39. The molecule has 0 aromatic rings. The molecule has 2 N–H and O–H groups in total. The topological polar surface area (TPSA) is 103 Å². The Morgan fingerprint density at radius 3 is 2.04 bits per heavy atom. The minimum Gasteiger partial charge on any atom is -0.467 e. The van der Waals surface area contributed by atoms with Gasteiger partial charge in [-0.05, 0) is 54.5 Å². The molecule has 0 bridgehead atoms. The van der Waals surface area contributed by atoms with Crippen LogP contribution in [-0.4, -0.2) is 54.5 Å². The highest BCUT2D eigenvalue weighted by Crippen LogP contribution is 2.26. The van der Waals surface area contributed by atoms with Gasteiger partial charge in [0.1, 0.15) is 11.2 Å². The fraction of sp³-hybridized carbons (Fsp3) is 0.824. The maximum absolute atomic E-state index is 12.7. The minimum atomic E-state index is -1.65. The summed E-state index contributed by atoms with van der Waals surface area (Å²) in [5.41, 5.74) is -3.05. The Labute approximate surface area is 148 Å². The predicted octanol–water partition coefficient (Wildman–Crippen LogP) is 1.52. The molecule has 1 aliphatic heterocycles. The van der Waals surface area contributed by atoms with Crippen LogP contribution in [0.1, 0.15) is 54.4 Å². The van der Waals surface area contributed by atoms with Crippen molar-refractivity contribution in [2.24, 2.45) is 0 Å². The van der Waals surface area contributed by atoms with E-state index in [4.69, 9.17) is 14.2 Å². The highest BCUT2D eigenvalue weighted by Gasteiger charge is 2.53. The molecule has 1 aliphatic rings. The normalized spacial score (nSPS) is 24.2. The van der Waals surface area contributed by atoms with Gasteiger partial charge in [-0.1, -0.05) is 0 Å². The molecule has 0 unspecified atom stereocenters. The van der Waals surface area contributed by atoms with E-state index in [0.717, 1.165) is 0 Å². The van der Waals surface area contributed by atoms with Gasteiger partial charge in [0.15, 0.2) is 0 Å². The van der Waals surface area contributed by atoms with Gasteiger partial charge in [0.25, 0.3) is 0 Å². The van der Waals surface area contributed by atoms with E-state index >= 15 is 0 Å². The van der Waals surface area contributed by atoms with E-state index in [9.17, 15) is 14.4 Å². The first-order chi connectivity index (χ1) is 11.3. The SMILES string of the molecule is COC(=O)[C@@]1(C(=O)OC(C)(C)C)C[C@@H](NC(=O)OC(C)(C)C)CCN1. The van der Waals surface area contributed by atoms with Crippen LogP contribution in [0.2, 0.25) is 0 Å². The molecule has 1 saturated heterocycles. The van der Waals surface area contributed by atoms with Gasteiger partial charge in [0, 0.05) is 12.5 Å². The Bertz CT molecular complexity index is 520. The number of carbonyl (C=O) groups excluding carboxylic acids is 3. The van der Waals surface area contributed by atoms with Crippen molar-refractivity contribution >= 4 is 18.0 Å². The van der Waals surface area contributed by atoms with Crippen LogP contribution in [0.4, 0.5) is 4.79 Å². The van der Waals surface area contributed by atoms with Gasteiger partial charge < -0.3 is 19.5 Å². The summed E-state index contributed by atoms with van der Waals surface area (Å²) in [6.07, 6.45) is -0.0309. The lowest BCUT2D eigenvalue weighted by atomic mass is 9.85. The molecule has 1 rings (SSSR count). The standard InChI is InChI=1S/C17H30N2O6/c1-15(2,3)24-13(21)17(12(20)23-7)10-11(8-9-18-17)19-14(22)25-16(4,5)6/h11,18H,8-10H2,1-7H3,(H,19,22)/t11-,17+/m0/s1. The van der Waals surface area contributed by atoms with Crippen LogP contribution < -0.4 is 10.6 Å². The number of alkyl carbamates (subject to hydrolysis) is 1. The maximum atomic E-state index is 12.7. The summed E-state index contributed by atoms with van der Waals surface area (Å²) in [6.45, 7) is 10.8. The molecule has 0 aliphatic carbocycles. The molecule has 0 saturated carbocycles. The van der Waals surface area contributed by atoms with Gasteiger partial charge in [-0.15, -0.1) is 0 Å². The van der Waals surface area contributed by atoms with Gasteiger partial charge in [-0.2, -0.15) is 0 Å². The number of amides is 1. The fourth-order valence-electron chi connectivity index (χ4n) is 2.53. The molecule has 1 heterocycles. The van der Waals surface area contributed by atoms with Crippen molar-refractivity contribution in [1.82, 2.24) is 10.6 Å². The molecule has 1 amide bonds. The first kappa shape index (κ1) is 21.2. The Morgan fingerprint density at radius 2 is 1.56 bits per heavy atom. The Morgan fingerprint density at radius 1 is 1.00 bits per heavy atom. The summed E-state index contributed by atoms with van der Waals surface area (Å²) >= 11 is 0. The van der Waals surface area contributed by atoms with Gasteiger partial charge >= 0.3 is 18.0 Å². The number of rotatable bonds is 3. The average Bonchev–Trinajstić information content (AvgIpc) is 2.42. The monoisotopic (exact) mass is 358 g/mol. The van der Waals surface area contributed by atoms with Crippen molar-refractivity contribution in [3.8, 4) is 0 Å². The summed E-state index contributed by atoms with van der Waals surface area (Å²) in [7, 11) is 1.21. The summed E-state index contributed by atoms with van der Waals surface area (Å²) in [6, 6.07) is -0.428. The van der Waals surface area contributed by atoms with Crippen LogP contribution in [0.5, 0.6) is 0 Å². The minimum absolute atomic E-state index is 0.0217. The smallest absolute Gasteiger partial charge is 0.407 e. The van der Waals surface area contributed by atoms with Crippen LogP contribution in [-0.2, 0) is 23.8 Å². The second-order valence-corrected chi connectivity index (χ2v) is 8.16. The Balaban J connectivity index is 2.94. The van der Waals surface area contributed by atoms with Crippen LogP contribution in [0, 0.1) is 0 Å². The number of ether oxygens (including phenoxy) is 3. The second kappa shape index (κ2) is 7.59. The zero-order valence-corrected chi connectivity index (χ0v) is 16.1. The van der Waals surface area contributed by atoms with Crippen LogP contribution in [0.3, 0.4) is 0 Å². The summed E-state index contributed by atoms with van der Waals surface area (Å²) in [4.78, 5) is 37.0. The molecule has 0 radical (unpaired) electrons. The van der Waals surface area contributed by atoms with E-state index in [-0.39, 0.29) is 6.42 Å². The molecular formula is C17H30N2O6. The lowest BCUT2D eigenvalue weighted by Crippen LogP contribution is -2.66. The summed E-state index contributed by atoms with van der Waals surface area (Å²) in [5.74, 6) is -1.46. The Hall–Kier alpha value is -1.83. The third-order valence-electron chi connectivity index (χ3n) is 3.47. The highest BCUT2D eigenvalue weighted by atomic mass is 16.6. The Kier molecular flexibility index (Phi) is 6.44. The van der Waals surface area contributed by atoms with Gasteiger partial charge in [0.05, 0.1) is 7.11 Å². The molecule has 1 fully saturated rings. The molecule has 2 atom stereocenters. The number of piperidine rings is 1. The van der Waals surface area contributed by atoms with Crippen LogP contribution in [0.15, 0.2) is 0 Å². The molecule has 144 valence electrons. The van der Waals surface area contributed by atoms with Crippen LogP contribution in [0.25, 0.3) is 0 Å². The number of esters is 2. The van der Waals surface area contributed by atoms with E-state index in [1.807, 2.05) is 0 Å². The summed E-state index contributed by atoms with van der Waals surface area (Å²) < 4.78 is 15.4. The summed E-state index contributed by atoms with van der Waals surface area (Å²) in [5, 5.41) is 5.63. The number of carbonyl (C=O) groups is 3. The molecule has 8 heteroatoms. The predicted molar refractivity (Wildman–Crippen MR) is 91.0 cm³/mol. The van der Waals surface area contributed by atoms with Crippen LogP contribution >= 0.6 is 0 Å². The first-order valence-corrected chi connectivity index (χ1v) is 8.35. The van der Waals surface area contributed by atoms with Gasteiger partial charge in [-0.3, -0.25) is 5.32 Å². The fourth-order valence-corrected chi connectivity index (χ4v) is 2.53. The lowest BCUT2D eigenvalue weighted by molar-refractivity contribution is -0.174.